The van der Waals surface area contributed by atoms with Crippen LogP contribution in [-0.2, 0) is 14.3 Å². The van der Waals surface area contributed by atoms with Crippen LogP contribution in [0.5, 0.6) is 0 Å². The van der Waals surface area contributed by atoms with E-state index in [-0.39, 0.29) is 35.9 Å². The molecule has 3 heterocycles. The second kappa shape index (κ2) is 2.45. The molecule has 14 heavy (non-hydrogen) atoms. The van der Waals surface area contributed by atoms with Crippen LogP contribution in [0.15, 0.2) is 12.2 Å². The number of carbonyl (C=O) groups excluding carboxylic acids is 2. The monoisotopic (exact) mass is 193 g/mol. The van der Waals surface area contributed by atoms with E-state index in [1.54, 1.807) is 0 Å². The van der Waals surface area contributed by atoms with Crippen LogP contribution < -0.4 is 0 Å². The molecule has 3 aliphatic rings. The fraction of sp³-hybridized carbons (Fsp3) is 0.600. The van der Waals surface area contributed by atoms with Crippen LogP contribution >= 0.6 is 0 Å². The lowest BCUT2D eigenvalue weighted by Crippen LogP contribution is -2.34. The molecule has 4 nitrogen and oxygen atoms in total. The van der Waals surface area contributed by atoms with Crippen LogP contribution in [0.1, 0.15) is 6.92 Å². The molecule has 2 bridgehead atoms. The molecule has 3 rings (SSSR count). The van der Waals surface area contributed by atoms with E-state index in [1.807, 2.05) is 19.1 Å². The Bertz CT molecular complexity index is 319. The molecule has 4 heteroatoms. The van der Waals surface area contributed by atoms with Crippen molar-refractivity contribution in [2.75, 3.05) is 6.54 Å². The molecule has 2 fully saturated rings. The van der Waals surface area contributed by atoms with E-state index in [0.29, 0.717) is 6.54 Å². The first kappa shape index (κ1) is 8.17. The number of nitrogens with zero attached hydrogens (tertiary/aromatic N) is 1. The molecule has 0 aromatic heterocycles. The van der Waals surface area contributed by atoms with Crippen LogP contribution in [0.3, 0.4) is 0 Å². The highest BCUT2D eigenvalue weighted by molar-refractivity contribution is 6.06. The van der Waals surface area contributed by atoms with Gasteiger partial charge in [-0.05, 0) is 6.92 Å². The highest BCUT2D eigenvalue weighted by atomic mass is 16.5. The first-order valence-corrected chi connectivity index (χ1v) is 4.93. The van der Waals surface area contributed by atoms with Crippen molar-refractivity contribution in [3.63, 3.8) is 0 Å². The standard InChI is InChI=1S/C10H11NO3/c1-2-11-9(12)7-5-3-4-6(14-5)8(7)10(11)13/h3-8H,2H2,1H3/t5-,6+,7+,8-. The van der Waals surface area contributed by atoms with Crippen molar-refractivity contribution in [1.29, 1.82) is 0 Å². The summed E-state index contributed by atoms with van der Waals surface area (Å²) < 4.78 is 5.49. The third kappa shape index (κ3) is 0.733. The second-order valence-corrected chi connectivity index (χ2v) is 3.92. The first-order chi connectivity index (χ1) is 6.74. The Balaban J connectivity index is 2.02. The highest BCUT2D eigenvalue weighted by Crippen LogP contribution is 2.44. The number of ether oxygens (including phenoxy) is 1. The van der Waals surface area contributed by atoms with Gasteiger partial charge in [0.05, 0.1) is 24.0 Å². The van der Waals surface area contributed by atoms with Crippen LogP contribution in [0.2, 0.25) is 0 Å². The maximum Gasteiger partial charge on any atom is 0.236 e. The van der Waals surface area contributed by atoms with E-state index in [0.717, 1.165) is 0 Å². The third-order valence-corrected chi connectivity index (χ3v) is 3.32. The number of likely N-dealkylation sites (tertiary alicyclic amines) is 1. The molecule has 2 saturated heterocycles. The lowest BCUT2D eigenvalue weighted by Gasteiger charge is -2.14. The summed E-state index contributed by atoms with van der Waals surface area (Å²) in [5, 5.41) is 0. The Hall–Kier alpha value is -1.16. The zero-order valence-electron chi connectivity index (χ0n) is 7.84. The summed E-state index contributed by atoms with van der Waals surface area (Å²) in [4.78, 5) is 25.0. The number of carbonyl (C=O) groups is 2. The van der Waals surface area contributed by atoms with Crippen molar-refractivity contribution in [3.05, 3.63) is 12.2 Å². The van der Waals surface area contributed by atoms with Gasteiger partial charge in [0.2, 0.25) is 11.8 Å². The molecule has 0 spiro atoms. The topological polar surface area (TPSA) is 46.6 Å². The van der Waals surface area contributed by atoms with Crippen molar-refractivity contribution in [3.8, 4) is 0 Å². The fourth-order valence-corrected chi connectivity index (χ4v) is 2.68. The number of fused-ring (bicyclic) bond motifs is 5. The van der Waals surface area contributed by atoms with Gasteiger partial charge in [0, 0.05) is 6.54 Å². The smallest absolute Gasteiger partial charge is 0.236 e. The molecule has 74 valence electrons. The summed E-state index contributed by atoms with van der Waals surface area (Å²) in [6.07, 6.45) is 3.49. The minimum absolute atomic E-state index is 0.0562. The molecule has 0 unspecified atom stereocenters. The lowest BCUT2D eigenvalue weighted by molar-refractivity contribution is -0.142. The molecule has 0 N–H and O–H groups in total. The predicted octanol–water partition coefficient (Wildman–Crippen LogP) is -0.0553. The molecular weight excluding hydrogens is 182 g/mol. The van der Waals surface area contributed by atoms with E-state index in [2.05, 4.69) is 0 Å². The third-order valence-electron chi connectivity index (χ3n) is 3.32. The molecule has 0 aliphatic carbocycles. The first-order valence-electron chi connectivity index (χ1n) is 4.93. The maximum absolute atomic E-state index is 11.8. The van der Waals surface area contributed by atoms with Crippen LogP contribution in [0.4, 0.5) is 0 Å². The van der Waals surface area contributed by atoms with E-state index in [9.17, 15) is 9.59 Å². The predicted molar refractivity (Wildman–Crippen MR) is 47.2 cm³/mol. The Morgan fingerprint density at radius 3 is 2.14 bits per heavy atom. The van der Waals surface area contributed by atoms with Gasteiger partial charge < -0.3 is 4.74 Å². The summed E-state index contributed by atoms with van der Waals surface area (Å²) >= 11 is 0. The van der Waals surface area contributed by atoms with Gasteiger partial charge in [0.25, 0.3) is 0 Å². The Morgan fingerprint density at radius 2 is 1.71 bits per heavy atom. The van der Waals surface area contributed by atoms with Crippen LogP contribution in [0.25, 0.3) is 0 Å². The van der Waals surface area contributed by atoms with E-state index < -0.39 is 0 Å². The largest absolute Gasteiger partial charge is 0.365 e. The van der Waals surface area contributed by atoms with Crippen molar-refractivity contribution in [2.24, 2.45) is 11.8 Å². The van der Waals surface area contributed by atoms with Gasteiger partial charge in [0.1, 0.15) is 0 Å². The number of imide groups is 1. The zero-order chi connectivity index (χ0) is 9.87. The number of hydrogen-bond donors (Lipinski definition) is 0. The number of rotatable bonds is 1. The molecule has 3 aliphatic heterocycles. The SMILES string of the molecule is CCN1C(=O)[C@@H]2[C@H](C1=O)[C@@H]1C=C[C@H]2O1. The molecule has 0 saturated carbocycles. The van der Waals surface area contributed by atoms with Crippen molar-refractivity contribution >= 4 is 11.8 Å². The summed E-state index contributed by atoms with van der Waals surface area (Å²) in [5.41, 5.74) is 0. The molecule has 2 amide bonds. The average Bonchev–Trinajstić information content (AvgIpc) is 2.80. The van der Waals surface area contributed by atoms with Gasteiger partial charge in [-0.3, -0.25) is 14.5 Å². The summed E-state index contributed by atoms with van der Waals surface area (Å²) in [6, 6.07) is 0. The molecule has 0 radical (unpaired) electrons. The van der Waals surface area contributed by atoms with Gasteiger partial charge >= 0.3 is 0 Å². The van der Waals surface area contributed by atoms with Crippen molar-refractivity contribution < 1.29 is 14.3 Å². The molecule has 4 atom stereocenters. The van der Waals surface area contributed by atoms with Crippen LogP contribution in [0, 0.1) is 11.8 Å². The molecule has 0 aromatic carbocycles. The Kier molecular flexibility index (Phi) is 1.43. The number of amides is 2. The highest BCUT2D eigenvalue weighted by Gasteiger charge is 2.60. The normalized spacial score (nSPS) is 43.9. The average molecular weight is 193 g/mol. The van der Waals surface area contributed by atoms with Crippen molar-refractivity contribution in [2.45, 2.75) is 19.1 Å². The van der Waals surface area contributed by atoms with Gasteiger partial charge in [0.15, 0.2) is 0 Å². The van der Waals surface area contributed by atoms with Gasteiger partial charge in [-0.25, -0.2) is 0 Å². The van der Waals surface area contributed by atoms with E-state index in [4.69, 9.17) is 4.74 Å². The molecular formula is C10H11NO3. The summed E-state index contributed by atoms with van der Waals surface area (Å²) in [6.45, 7) is 2.30. The van der Waals surface area contributed by atoms with Crippen molar-refractivity contribution in [1.82, 2.24) is 4.90 Å². The quantitative estimate of drug-likeness (QED) is 0.433. The minimum Gasteiger partial charge on any atom is -0.365 e. The minimum atomic E-state index is -0.238. The molecule has 0 aromatic rings. The Labute approximate surface area is 81.5 Å². The van der Waals surface area contributed by atoms with Crippen LogP contribution in [-0.4, -0.2) is 35.5 Å². The lowest BCUT2D eigenvalue weighted by atomic mass is 9.85. The van der Waals surface area contributed by atoms with Gasteiger partial charge in [-0.15, -0.1) is 0 Å². The zero-order valence-corrected chi connectivity index (χ0v) is 7.84. The summed E-state index contributed by atoms with van der Waals surface area (Å²) in [5.74, 6) is -0.589. The van der Waals surface area contributed by atoms with Gasteiger partial charge in [-0.2, -0.15) is 0 Å². The van der Waals surface area contributed by atoms with Gasteiger partial charge in [-0.1, -0.05) is 12.2 Å². The Morgan fingerprint density at radius 1 is 1.21 bits per heavy atom. The fourth-order valence-electron chi connectivity index (χ4n) is 2.68. The summed E-state index contributed by atoms with van der Waals surface area (Å²) in [7, 11) is 0. The van der Waals surface area contributed by atoms with E-state index >= 15 is 0 Å². The second-order valence-electron chi connectivity index (χ2n) is 3.92. The maximum atomic E-state index is 11.8. The van der Waals surface area contributed by atoms with E-state index in [1.165, 1.54) is 4.90 Å². The number of hydrogen-bond acceptors (Lipinski definition) is 3.